The van der Waals surface area contributed by atoms with E-state index in [0.29, 0.717) is 6.42 Å². The summed E-state index contributed by atoms with van der Waals surface area (Å²) in [5.41, 5.74) is -1.31. The standard InChI is InChI=1S/C7H6F3NO/c8-7(9,10)5-3-1-2-4-6(5)11-12/h1,3H,2,4H2. The molecule has 1 rings (SSSR count). The third-order valence-corrected chi connectivity index (χ3v) is 1.56. The molecule has 0 aromatic heterocycles. The van der Waals surface area contributed by atoms with Gasteiger partial charge in [-0.1, -0.05) is 12.2 Å². The summed E-state index contributed by atoms with van der Waals surface area (Å²) in [5.74, 6) is 0. The SMILES string of the molecule is O=NC1=C(C(F)(F)F)C=CCC1. The lowest BCUT2D eigenvalue weighted by atomic mass is 10.0. The molecule has 0 saturated heterocycles. The highest BCUT2D eigenvalue weighted by Gasteiger charge is 2.35. The molecular formula is C7H6F3NO. The van der Waals surface area contributed by atoms with Crippen molar-refractivity contribution in [1.29, 1.82) is 0 Å². The molecule has 0 spiro atoms. The van der Waals surface area contributed by atoms with Crippen LogP contribution in [0, 0.1) is 4.91 Å². The van der Waals surface area contributed by atoms with E-state index in [4.69, 9.17) is 0 Å². The first-order valence-electron chi connectivity index (χ1n) is 3.36. The molecular weight excluding hydrogens is 171 g/mol. The van der Waals surface area contributed by atoms with Gasteiger partial charge in [0.15, 0.2) is 0 Å². The summed E-state index contributed by atoms with van der Waals surface area (Å²) in [7, 11) is 0. The van der Waals surface area contributed by atoms with Gasteiger partial charge in [0, 0.05) is 0 Å². The summed E-state index contributed by atoms with van der Waals surface area (Å²) in [6.07, 6.45) is -1.65. The molecule has 12 heavy (non-hydrogen) atoms. The number of rotatable bonds is 1. The topological polar surface area (TPSA) is 29.4 Å². The second-order valence-electron chi connectivity index (χ2n) is 2.39. The lowest BCUT2D eigenvalue weighted by molar-refractivity contribution is -0.0893. The predicted octanol–water partition coefficient (Wildman–Crippen LogP) is 2.92. The highest BCUT2D eigenvalue weighted by Crippen LogP contribution is 2.33. The van der Waals surface area contributed by atoms with Crippen LogP contribution in [-0.2, 0) is 0 Å². The van der Waals surface area contributed by atoms with E-state index >= 15 is 0 Å². The van der Waals surface area contributed by atoms with Crippen LogP contribution in [0.2, 0.25) is 0 Å². The first-order valence-corrected chi connectivity index (χ1v) is 3.36. The third-order valence-electron chi connectivity index (χ3n) is 1.56. The normalized spacial score (nSPS) is 18.2. The van der Waals surface area contributed by atoms with E-state index in [9.17, 15) is 18.1 Å². The lowest BCUT2D eigenvalue weighted by Gasteiger charge is -2.12. The number of alkyl halides is 3. The van der Waals surface area contributed by atoms with Crippen molar-refractivity contribution in [3.63, 3.8) is 0 Å². The summed E-state index contributed by atoms with van der Waals surface area (Å²) in [6, 6.07) is 0. The van der Waals surface area contributed by atoms with Crippen LogP contribution in [0.15, 0.2) is 28.6 Å². The minimum absolute atomic E-state index is 0.0782. The smallest absolute Gasteiger partial charge is 0.166 e. The molecule has 0 heterocycles. The monoisotopic (exact) mass is 177 g/mol. The van der Waals surface area contributed by atoms with Crippen molar-refractivity contribution in [2.45, 2.75) is 19.0 Å². The van der Waals surface area contributed by atoms with Gasteiger partial charge in [0.05, 0.1) is 11.3 Å². The quantitative estimate of drug-likeness (QED) is 0.566. The second-order valence-corrected chi connectivity index (χ2v) is 2.39. The Bertz CT molecular complexity index is 252. The van der Waals surface area contributed by atoms with Gasteiger partial charge in [-0.3, -0.25) is 0 Å². The number of nitrogens with zero attached hydrogens (tertiary/aromatic N) is 1. The van der Waals surface area contributed by atoms with Crippen molar-refractivity contribution in [3.05, 3.63) is 28.3 Å². The number of nitroso groups, excluding NO2 is 1. The van der Waals surface area contributed by atoms with Gasteiger partial charge in [0.1, 0.15) is 0 Å². The Morgan fingerprint density at radius 2 is 2.08 bits per heavy atom. The zero-order valence-electron chi connectivity index (χ0n) is 6.06. The van der Waals surface area contributed by atoms with Crippen molar-refractivity contribution in [2.24, 2.45) is 5.18 Å². The van der Waals surface area contributed by atoms with Gasteiger partial charge >= 0.3 is 6.18 Å². The van der Waals surface area contributed by atoms with Crippen LogP contribution in [0.25, 0.3) is 0 Å². The van der Waals surface area contributed by atoms with Crippen molar-refractivity contribution < 1.29 is 13.2 Å². The average Bonchev–Trinajstić information content (AvgIpc) is 2.03. The van der Waals surface area contributed by atoms with Crippen LogP contribution in [-0.4, -0.2) is 6.18 Å². The zero-order valence-corrected chi connectivity index (χ0v) is 6.06. The van der Waals surface area contributed by atoms with Crippen LogP contribution < -0.4 is 0 Å². The Labute approximate surface area is 66.7 Å². The lowest BCUT2D eigenvalue weighted by Crippen LogP contribution is -2.13. The summed E-state index contributed by atoms with van der Waals surface area (Å²) in [6.45, 7) is 0. The van der Waals surface area contributed by atoms with Gasteiger partial charge in [-0.2, -0.15) is 13.2 Å². The number of halogens is 3. The molecule has 0 aliphatic heterocycles. The van der Waals surface area contributed by atoms with E-state index in [1.54, 1.807) is 0 Å². The summed E-state index contributed by atoms with van der Waals surface area (Å²) < 4.78 is 36.2. The summed E-state index contributed by atoms with van der Waals surface area (Å²) in [5, 5.41) is 2.35. The van der Waals surface area contributed by atoms with Gasteiger partial charge in [-0.05, 0) is 18.0 Å². The van der Waals surface area contributed by atoms with Gasteiger partial charge in [-0.25, -0.2) is 0 Å². The minimum atomic E-state index is -4.46. The van der Waals surface area contributed by atoms with Crippen LogP contribution >= 0.6 is 0 Å². The average molecular weight is 177 g/mol. The number of hydrogen-bond donors (Lipinski definition) is 0. The Hall–Kier alpha value is -1.13. The third kappa shape index (κ3) is 1.72. The second kappa shape index (κ2) is 3.08. The van der Waals surface area contributed by atoms with Crippen molar-refractivity contribution >= 4 is 0 Å². The molecule has 1 aliphatic rings. The van der Waals surface area contributed by atoms with Gasteiger partial charge in [0.2, 0.25) is 0 Å². The Kier molecular flexibility index (Phi) is 2.30. The molecule has 0 bridgehead atoms. The van der Waals surface area contributed by atoms with Crippen molar-refractivity contribution in [1.82, 2.24) is 0 Å². The molecule has 0 fully saturated rings. The van der Waals surface area contributed by atoms with Crippen molar-refractivity contribution in [2.75, 3.05) is 0 Å². The first kappa shape index (κ1) is 8.96. The molecule has 5 heteroatoms. The fourth-order valence-electron chi connectivity index (χ4n) is 1.01. The highest BCUT2D eigenvalue weighted by molar-refractivity contribution is 5.32. The van der Waals surface area contributed by atoms with E-state index in [1.165, 1.54) is 6.08 Å². The Balaban J connectivity index is 3.05. The summed E-state index contributed by atoms with van der Waals surface area (Å²) in [4.78, 5) is 9.98. The molecule has 0 N–H and O–H groups in total. The number of hydrogen-bond acceptors (Lipinski definition) is 2. The number of allylic oxidation sites excluding steroid dienone is 4. The minimum Gasteiger partial charge on any atom is -0.166 e. The molecule has 0 saturated carbocycles. The summed E-state index contributed by atoms with van der Waals surface area (Å²) >= 11 is 0. The molecule has 66 valence electrons. The highest BCUT2D eigenvalue weighted by atomic mass is 19.4. The van der Waals surface area contributed by atoms with Gasteiger partial charge in [0.25, 0.3) is 0 Å². The maximum atomic E-state index is 12.1. The van der Waals surface area contributed by atoms with Gasteiger partial charge < -0.3 is 0 Å². The molecule has 0 aromatic rings. The first-order chi connectivity index (χ1) is 5.55. The van der Waals surface area contributed by atoms with E-state index in [0.717, 1.165) is 6.08 Å². The van der Waals surface area contributed by atoms with Crippen LogP contribution in [0.4, 0.5) is 13.2 Å². The van der Waals surface area contributed by atoms with Crippen LogP contribution in [0.3, 0.4) is 0 Å². The van der Waals surface area contributed by atoms with E-state index in [2.05, 4.69) is 5.18 Å². The molecule has 0 unspecified atom stereocenters. The van der Waals surface area contributed by atoms with Crippen LogP contribution in [0.1, 0.15) is 12.8 Å². The van der Waals surface area contributed by atoms with E-state index < -0.39 is 17.4 Å². The molecule has 0 atom stereocenters. The van der Waals surface area contributed by atoms with Crippen LogP contribution in [0.5, 0.6) is 0 Å². The maximum absolute atomic E-state index is 12.1. The Morgan fingerprint density at radius 1 is 1.42 bits per heavy atom. The molecule has 0 amide bonds. The molecule has 2 nitrogen and oxygen atoms in total. The van der Waals surface area contributed by atoms with Crippen molar-refractivity contribution in [3.8, 4) is 0 Å². The predicted molar refractivity (Wildman–Crippen MR) is 37.3 cm³/mol. The molecule has 0 radical (unpaired) electrons. The molecule has 1 aliphatic carbocycles. The van der Waals surface area contributed by atoms with E-state index in [-0.39, 0.29) is 6.42 Å². The zero-order chi connectivity index (χ0) is 9.19. The largest absolute Gasteiger partial charge is 0.418 e. The fourth-order valence-corrected chi connectivity index (χ4v) is 1.01. The maximum Gasteiger partial charge on any atom is 0.418 e. The van der Waals surface area contributed by atoms with Gasteiger partial charge in [-0.15, -0.1) is 4.91 Å². The molecule has 0 aromatic carbocycles. The van der Waals surface area contributed by atoms with E-state index in [1.807, 2.05) is 0 Å². The fraction of sp³-hybridized carbons (Fsp3) is 0.429. The Morgan fingerprint density at radius 3 is 2.50 bits per heavy atom.